The minimum absolute atomic E-state index is 0. The number of para-hydroxylation sites is 1. The quantitative estimate of drug-likeness (QED) is 0.925. The third-order valence-electron chi connectivity index (χ3n) is 4.91. The maximum absolute atomic E-state index is 12.9. The number of carbonyl (C=O) groups is 1. The summed E-state index contributed by atoms with van der Waals surface area (Å²) in [6.07, 6.45) is 5.04. The molecule has 1 saturated heterocycles. The first kappa shape index (κ1) is 17.0. The average Bonchev–Trinajstić information content (AvgIpc) is 3.15. The summed E-state index contributed by atoms with van der Waals surface area (Å²) in [5, 5.41) is 4.52. The summed E-state index contributed by atoms with van der Waals surface area (Å²) < 4.78 is 1.95. The van der Waals surface area contributed by atoms with Gasteiger partial charge in [-0.25, -0.2) is 4.68 Å². The summed E-state index contributed by atoms with van der Waals surface area (Å²) in [5.74, 6) is 1.02. The molecule has 1 aliphatic carbocycles. The first-order valence-corrected chi connectivity index (χ1v) is 8.40. The van der Waals surface area contributed by atoms with Crippen LogP contribution in [0.2, 0.25) is 0 Å². The number of hydrogen-bond donors (Lipinski definition) is 1. The van der Waals surface area contributed by atoms with E-state index >= 15 is 0 Å². The third-order valence-corrected chi connectivity index (χ3v) is 4.91. The number of carbonyl (C=O) groups excluding carboxylic acids is 1. The van der Waals surface area contributed by atoms with Crippen LogP contribution >= 0.6 is 12.4 Å². The molecule has 2 aromatic rings. The van der Waals surface area contributed by atoms with Gasteiger partial charge in [0.2, 0.25) is 0 Å². The summed E-state index contributed by atoms with van der Waals surface area (Å²) in [5.41, 5.74) is 8.62. The van der Waals surface area contributed by atoms with Gasteiger partial charge in [0.05, 0.1) is 23.1 Å². The van der Waals surface area contributed by atoms with Crippen LogP contribution in [-0.2, 0) is 0 Å². The maximum Gasteiger partial charge on any atom is 0.257 e. The lowest BCUT2D eigenvalue weighted by molar-refractivity contribution is 0.0786. The zero-order chi connectivity index (χ0) is 15.8. The molecular formula is C18H23ClN4O. The summed E-state index contributed by atoms with van der Waals surface area (Å²) in [7, 11) is 0. The molecular weight excluding hydrogens is 324 g/mol. The molecule has 1 aromatic heterocycles. The average molecular weight is 347 g/mol. The predicted molar refractivity (Wildman–Crippen MR) is 95.9 cm³/mol. The minimum Gasteiger partial charge on any atom is -0.338 e. The fourth-order valence-electron chi connectivity index (χ4n) is 3.43. The highest BCUT2D eigenvalue weighted by Crippen LogP contribution is 2.42. The van der Waals surface area contributed by atoms with E-state index in [4.69, 9.17) is 5.73 Å². The smallest absolute Gasteiger partial charge is 0.257 e. The highest BCUT2D eigenvalue weighted by molar-refractivity contribution is 5.95. The molecule has 5 nitrogen and oxygen atoms in total. The van der Waals surface area contributed by atoms with Crippen molar-refractivity contribution in [2.24, 2.45) is 11.7 Å². The van der Waals surface area contributed by atoms with Crippen LogP contribution in [0.15, 0.2) is 36.5 Å². The van der Waals surface area contributed by atoms with Gasteiger partial charge in [-0.2, -0.15) is 5.10 Å². The SMILES string of the molecule is Cl.NCC1CCN(C(=O)c2cnn(-c3ccccc3)c2C2CC2)C1. The predicted octanol–water partition coefficient (Wildman–Crippen LogP) is 2.59. The zero-order valence-electron chi connectivity index (χ0n) is 13.6. The van der Waals surface area contributed by atoms with Gasteiger partial charge in [-0.05, 0) is 43.9 Å². The van der Waals surface area contributed by atoms with Crippen LogP contribution in [0.5, 0.6) is 0 Å². The van der Waals surface area contributed by atoms with Crippen molar-refractivity contribution in [2.75, 3.05) is 19.6 Å². The molecule has 1 aliphatic heterocycles. The van der Waals surface area contributed by atoms with Gasteiger partial charge >= 0.3 is 0 Å². The third kappa shape index (κ3) is 3.06. The summed E-state index contributed by atoms with van der Waals surface area (Å²) in [6, 6.07) is 10.1. The molecule has 1 unspecified atom stereocenters. The molecule has 1 saturated carbocycles. The van der Waals surface area contributed by atoms with Crippen LogP contribution < -0.4 is 5.73 Å². The van der Waals surface area contributed by atoms with Gasteiger partial charge in [0.1, 0.15) is 0 Å². The molecule has 0 spiro atoms. The van der Waals surface area contributed by atoms with E-state index in [1.165, 1.54) is 0 Å². The number of halogens is 1. The Bertz CT molecular complexity index is 711. The first-order chi connectivity index (χ1) is 11.3. The molecule has 2 N–H and O–H groups in total. The lowest BCUT2D eigenvalue weighted by atomic mass is 10.1. The summed E-state index contributed by atoms with van der Waals surface area (Å²) in [6.45, 7) is 2.24. The lowest BCUT2D eigenvalue weighted by Crippen LogP contribution is -2.30. The van der Waals surface area contributed by atoms with Crippen LogP contribution in [0, 0.1) is 5.92 Å². The van der Waals surface area contributed by atoms with Crippen molar-refractivity contribution in [3.05, 3.63) is 47.8 Å². The monoisotopic (exact) mass is 346 g/mol. The van der Waals surface area contributed by atoms with Gasteiger partial charge in [-0.1, -0.05) is 18.2 Å². The van der Waals surface area contributed by atoms with Gasteiger partial charge in [0.25, 0.3) is 5.91 Å². The van der Waals surface area contributed by atoms with E-state index in [9.17, 15) is 4.79 Å². The number of nitrogens with two attached hydrogens (primary N) is 1. The second-order valence-electron chi connectivity index (χ2n) is 6.61. The molecule has 0 radical (unpaired) electrons. The van der Waals surface area contributed by atoms with Crippen LogP contribution in [0.25, 0.3) is 5.69 Å². The number of likely N-dealkylation sites (tertiary alicyclic amines) is 1. The molecule has 128 valence electrons. The van der Waals surface area contributed by atoms with Crippen molar-refractivity contribution in [3.63, 3.8) is 0 Å². The van der Waals surface area contributed by atoms with E-state index in [-0.39, 0.29) is 18.3 Å². The topological polar surface area (TPSA) is 64.2 Å². The van der Waals surface area contributed by atoms with E-state index in [0.717, 1.165) is 49.3 Å². The molecule has 1 atom stereocenters. The number of aromatic nitrogens is 2. The van der Waals surface area contributed by atoms with E-state index in [1.807, 2.05) is 39.9 Å². The largest absolute Gasteiger partial charge is 0.338 e. The number of benzene rings is 1. The molecule has 1 aromatic carbocycles. The Morgan fingerprint density at radius 3 is 2.58 bits per heavy atom. The van der Waals surface area contributed by atoms with E-state index in [0.29, 0.717) is 18.4 Å². The fraction of sp³-hybridized carbons (Fsp3) is 0.444. The van der Waals surface area contributed by atoms with Gasteiger partial charge in [-0.3, -0.25) is 4.79 Å². The summed E-state index contributed by atoms with van der Waals surface area (Å²) in [4.78, 5) is 14.9. The van der Waals surface area contributed by atoms with Gasteiger partial charge in [0, 0.05) is 19.0 Å². The number of nitrogens with zero attached hydrogens (tertiary/aromatic N) is 3. The standard InChI is InChI=1S/C18H22N4O.ClH/c19-10-13-8-9-21(12-13)18(23)16-11-20-22(17(16)14-6-7-14)15-4-2-1-3-5-15;/h1-5,11,13-14H,6-10,12,19H2;1H. The Labute approximate surface area is 148 Å². The van der Waals surface area contributed by atoms with Crippen molar-refractivity contribution in [2.45, 2.75) is 25.2 Å². The fourth-order valence-corrected chi connectivity index (χ4v) is 3.43. The minimum atomic E-state index is 0. The maximum atomic E-state index is 12.9. The Kier molecular flexibility index (Phi) is 4.92. The molecule has 4 rings (SSSR count). The molecule has 6 heteroatoms. The molecule has 0 bridgehead atoms. The molecule has 2 heterocycles. The molecule has 1 amide bonds. The van der Waals surface area contributed by atoms with Gasteiger partial charge in [-0.15, -0.1) is 12.4 Å². The zero-order valence-corrected chi connectivity index (χ0v) is 14.4. The Balaban J connectivity index is 0.00000169. The Hall–Kier alpha value is -1.85. The van der Waals surface area contributed by atoms with Crippen molar-refractivity contribution in [1.82, 2.24) is 14.7 Å². The van der Waals surface area contributed by atoms with Crippen LogP contribution in [0.1, 0.15) is 41.2 Å². The van der Waals surface area contributed by atoms with Crippen LogP contribution in [0.4, 0.5) is 0 Å². The highest BCUT2D eigenvalue weighted by atomic mass is 35.5. The normalized spacial score (nSPS) is 20.0. The van der Waals surface area contributed by atoms with Crippen molar-refractivity contribution < 1.29 is 4.79 Å². The van der Waals surface area contributed by atoms with Gasteiger partial charge in [0.15, 0.2) is 0 Å². The highest BCUT2D eigenvalue weighted by Gasteiger charge is 2.35. The van der Waals surface area contributed by atoms with Gasteiger partial charge < -0.3 is 10.6 Å². The Morgan fingerprint density at radius 2 is 1.96 bits per heavy atom. The van der Waals surface area contributed by atoms with Crippen molar-refractivity contribution in [3.8, 4) is 5.69 Å². The molecule has 2 fully saturated rings. The number of amides is 1. The molecule has 2 aliphatic rings. The van der Waals surface area contributed by atoms with Crippen molar-refractivity contribution >= 4 is 18.3 Å². The van der Waals surface area contributed by atoms with Crippen molar-refractivity contribution in [1.29, 1.82) is 0 Å². The van der Waals surface area contributed by atoms with Crippen LogP contribution in [0.3, 0.4) is 0 Å². The second-order valence-corrected chi connectivity index (χ2v) is 6.61. The second kappa shape index (κ2) is 6.95. The van der Waals surface area contributed by atoms with Crippen LogP contribution in [-0.4, -0.2) is 40.2 Å². The summed E-state index contributed by atoms with van der Waals surface area (Å²) >= 11 is 0. The molecule has 24 heavy (non-hydrogen) atoms. The van der Waals surface area contributed by atoms with E-state index < -0.39 is 0 Å². The van der Waals surface area contributed by atoms with E-state index in [2.05, 4.69) is 5.10 Å². The Morgan fingerprint density at radius 1 is 1.21 bits per heavy atom. The first-order valence-electron chi connectivity index (χ1n) is 8.40. The number of rotatable bonds is 4. The van der Waals surface area contributed by atoms with E-state index in [1.54, 1.807) is 6.20 Å². The number of hydrogen-bond acceptors (Lipinski definition) is 3. The lowest BCUT2D eigenvalue weighted by Gasteiger charge is -2.17.